The maximum absolute atomic E-state index is 11.7. The molecule has 0 N–H and O–H groups in total. The monoisotopic (exact) mass is 235 g/mol. The molecule has 2 aromatic heterocycles. The summed E-state index contributed by atoms with van der Waals surface area (Å²) in [7, 11) is 0. The van der Waals surface area contributed by atoms with Crippen LogP contribution in [0.2, 0.25) is 0 Å². The lowest BCUT2D eigenvalue weighted by Crippen LogP contribution is -2.08. The van der Waals surface area contributed by atoms with Crippen LogP contribution >= 0.6 is 0 Å². The van der Waals surface area contributed by atoms with Gasteiger partial charge in [0.2, 0.25) is 5.76 Å². The van der Waals surface area contributed by atoms with Crippen molar-refractivity contribution in [3.63, 3.8) is 0 Å². The molecule has 17 heavy (non-hydrogen) atoms. The maximum Gasteiger partial charge on any atom is 0.374 e. The number of esters is 1. The molecule has 2 rings (SSSR count). The van der Waals surface area contributed by atoms with Crippen molar-refractivity contribution in [2.45, 2.75) is 26.9 Å². The molecule has 0 fully saturated rings. The summed E-state index contributed by atoms with van der Waals surface area (Å²) < 4.78 is 15.3. The number of hydrogen-bond donors (Lipinski definition) is 0. The number of carbonyl (C=O) groups excluding carboxylic acids is 1. The van der Waals surface area contributed by atoms with E-state index < -0.39 is 12.1 Å². The van der Waals surface area contributed by atoms with Crippen molar-refractivity contribution in [3.8, 4) is 0 Å². The van der Waals surface area contributed by atoms with Gasteiger partial charge < -0.3 is 13.7 Å². The van der Waals surface area contributed by atoms with Gasteiger partial charge in [0.25, 0.3) is 0 Å². The predicted octanol–water partition coefficient (Wildman–Crippen LogP) is 2.80. The second-order valence-corrected chi connectivity index (χ2v) is 3.80. The molecule has 90 valence electrons. The van der Waals surface area contributed by atoms with E-state index in [4.69, 9.17) is 13.7 Å². The standard InChI is InChI=1S/C12H13NO4/c1-7-4-5-11(15-7)12(14)16-8(2)10-6-13-17-9(10)3/h4-6,8H,1-3H3/t8-/m0/s1. The third-order valence-electron chi connectivity index (χ3n) is 2.45. The Kier molecular flexibility index (Phi) is 2.99. The van der Waals surface area contributed by atoms with Gasteiger partial charge in [0.05, 0.1) is 11.8 Å². The van der Waals surface area contributed by atoms with Gasteiger partial charge in [-0.25, -0.2) is 4.79 Å². The topological polar surface area (TPSA) is 65.5 Å². The van der Waals surface area contributed by atoms with E-state index in [1.807, 2.05) is 0 Å². The predicted molar refractivity (Wildman–Crippen MR) is 58.5 cm³/mol. The quantitative estimate of drug-likeness (QED) is 0.765. The Bertz CT molecular complexity index is 526. The summed E-state index contributed by atoms with van der Waals surface area (Å²) in [5.74, 6) is 1.02. The molecule has 2 aromatic rings. The summed E-state index contributed by atoms with van der Waals surface area (Å²) in [5, 5.41) is 3.64. The molecule has 2 heterocycles. The summed E-state index contributed by atoms with van der Waals surface area (Å²) in [6.07, 6.45) is 1.12. The number of ether oxygens (including phenoxy) is 1. The normalized spacial score (nSPS) is 12.4. The molecule has 0 saturated heterocycles. The number of hydrogen-bond acceptors (Lipinski definition) is 5. The zero-order valence-electron chi connectivity index (χ0n) is 9.89. The van der Waals surface area contributed by atoms with Crippen LogP contribution in [0, 0.1) is 13.8 Å². The van der Waals surface area contributed by atoms with Crippen LogP contribution in [-0.2, 0) is 4.74 Å². The van der Waals surface area contributed by atoms with Gasteiger partial charge in [-0.1, -0.05) is 5.16 Å². The van der Waals surface area contributed by atoms with Crippen molar-refractivity contribution < 1.29 is 18.5 Å². The second-order valence-electron chi connectivity index (χ2n) is 3.80. The molecule has 0 amide bonds. The zero-order valence-corrected chi connectivity index (χ0v) is 9.89. The average Bonchev–Trinajstić information content (AvgIpc) is 2.86. The van der Waals surface area contributed by atoms with Gasteiger partial charge in [-0.15, -0.1) is 0 Å². The minimum Gasteiger partial charge on any atom is -0.454 e. The van der Waals surface area contributed by atoms with Gasteiger partial charge >= 0.3 is 5.97 Å². The first-order valence-electron chi connectivity index (χ1n) is 5.26. The first-order chi connectivity index (χ1) is 8.08. The van der Waals surface area contributed by atoms with Crippen molar-refractivity contribution in [3.05, 3.63) is 41.2 Å². The first-order valence-corrected chi connectivity index (χ1v) is 5.26. The van der Waals surface area contributed by atoms with E-state index in [-0.39, 0.29) is 5.76 Å². The fourth-order valence-corrected chi connectivity index (χ4v) is 1.52. The largest absolute Gasteiger partial charge is 0.454 e. The Balaban J connectivity index is 2.07. The van der Waals surface area contributed by atoms with Gasteiger partial charge in [-0.05, 0) is 32.9 Å². The SMILES string of the molecule is Cc1ccc(C(=O)O[C@@H](C)c2cnoc2C)o1. The summed E-state index contributed by atoms with van der Waals surface area (Å²) in [5.41, 5.74) is 0.752. The Hall–Kier alpha value is -2.04. The number of aryl methyl sites for hydroxylation is 2. The minimum atomic E-state index is -0.494. The minimum absolute atomic E-state index is 0.198. The molecular formula is C12H13NO4. The molecule has 0 aromatic carbocycles. The van der Waals surface area contributed by atoms with Crippen LogP contribution in [0.4, 0.5) is 0 Å². The van der Waals surface area contributed by atoms with Crippen LogP contribution in [0.1, 0.15) is 40.7 Å². The Morgan fingerprint density at radius 3 is 2.71 bits per heavy atom. The van der Waals surface area contributed by atoms with Gasteiger partial charge in [-0.2, -0.15) is 0 Å². The lowest BCUT2D eigenvalue weighted by atomic mass is 10.2. The van der Waals surface area contributed by atoms with Crippen LogP contribution in [0.3, 0.4) is 0 Å². The van der Waals surface area contributed by atoms with Crippen molar-refractivity contribution in [2.24, 2.45) is 0 Å². The van der Waals surface area contributed by atoms with Crippen LogP contribution in [0.15, 0.2) is 27.3 Å². The van der Waals surface area contributed by atoms with Gasteiger partial charge in [0.1, 0.15) is 17.6 Å². The first kappa shape index (κ1) is 11.4. The van der Waals surface area contributed by atoms with E-state index in [9.17, 15) is 4.79 Å². The highest BCUT2D eigenvalue weighted by atomic mass is 16.6. The van der Waals surface area contributed by atoms with Crippen molar-refractivity contribution in [2.75, 3.05) is 0 Å². The van der Waals surface area contributed by atoms with Crippen LogP contribution in [-0.4, -0.2) is 11.1 Å². The number of aromatic nitrogens is 1. The summed E-state index contributed by atoms with van der Waals surface area (Å²) >= 11 is 0. The fourth-order valence-electron chi connectivity index (χ4n) is 1.52. The molecule has 5 nitrogen and oxygen atoms in total. The third-order valence-corrected chi connectivity index (χ3v) is 2.45. The van der Waals surface area contributed by atoms with Crippen LogP contribution < -0.4 is 0 Å². The molecule has 0 aliphatic carbocycles. The molecular weight excluding hydrogens is 222 g/mol. The molecule has 1 atom stereocenters. The molecule has 0 radical (unpaired) electrons. The van der Waals surface area contributed by atoms with Crippen molar-refractivity contribution in [1.82, 2.24) is 5.16 Å². The Morgan fingerprint density at radius 1 is 1.41 bits per heavy atom. The van der Waals surface area contributed by atoms with Gasteiger partial charge in [0, 0.05) is 0 Å². The van der Waals surface area contributed by atoms with Crippen LogP contribution in [0.5, 0.6) is 0 Å². The van der Waals surface area contributed by atoms with E-state index in [0.717, 1.165) is 5.56 Å². The number of carbonyl (C=O) groups is 1. The molecule has 0 saturated carbocycles. The van der Waals surface area contributed by atoms with Crippen molar-refractivity contribution >= 4 is 5.97 Å². The molecule has 0 bridgehead atoms. The summed E-state index contributed by atoms with van der Waals surface area (Å²) in [6, 6.07) is 3.30. The van der Waals surface area contributed by atoms with Crippen LogP contribution in [0.25, 0.3) is 0 Å². The summed E-state index contributed by atoms with van der Waals surface area (Å²) in [6.45, 7) is 5.29. The Labute approximate surface area is 98.3 Å². The van der Waals surface area contributed by atoms with E-state index >= 15 is 0 Å². The van der Waals surface area contributed by atoms with Crippen molar-refractivity contribution in [1.29, 1.82) is 0 Å². The zero-order chi connectivity index (χ0) is 12.4. The third kappa shape index (κ3) is 2.38. The highest BCUT2D eigenvalue weighted by molar-refractivity contribution is 5.86. The van der Waals surface area contributed by atoms with Gasteiger partial charge in [0.15, 0.2) is 0 Å². The number of furan rings is 1. The average molecular weight is 235 g/mol. The Morgan fingerprint density at radius 2 is 2.18 bits per heavy atom. The lowest BCUT2D eigenvalue weighted by molar-refractivity contribution is 0.0297. The molecule has 0 unspecified atom stereocenters. The number of rotatable bonds is 3. The van der Waals surface area contributed by atoms with E-state index in [2.05, 4.69) is 5.16 Å². The lowest BCUT2D eigenvalue weighted by Gasteiger charge is -2.10. The molecule has 0 spiro atoms. The van der Waals surface area contributed by atoms with Gasteiger partial charge in [-0.3, -0.25) is 0 Å². The molecule has 0 aliphatic heterocycles. The molecule has 5 heteroatoms. The molecule has 0 aliphatic rings. The number of nitrogens with zero attached hydrogens (tertiary/aromatic N) is 1. The summed E-state index contributed by atoms with van der Waals surface area (Å²) in [4.78, 5) is 11.7. The maximum atomic E-state index is 11.7. The highest BCUT2D eigenvalue weighted by Gasteiger charge is 2.19. The van der Waals surface area contributed by atoms with E-state index in [0.29, 0.717) is 11.5 Å². The smallest absolute Gasteiger partial charge is 0.374 e. The van der Waals surface area contributed by atoms with E-state index in [1.54, 1.807) is 39.1 Å². The van der Waals surface area contributed by atoms with E-state index in [1.165, 1.54) is 0 Å². The fraction of sp³-hybridized carbons (Fsp3) is 0.333. The second kappa shape index (κ2) is 4.45. The highest BCUT2D eigenvalue weighted by Crippen LogP contribution is 2.21.